The van der Waals surface area contributed by atoms with Crippen molar-refractivity contribution in [3.63, 3.8) is 0 Å². The number of nitrogens with one attached hydrogen (secondary N) is 1. The third kappa shape index (κ3) is 3.65. The van der Waals surface area contributed by atoms with Crippen LogP contribution in [0.5, 0.6) is 0 Å². The van der Waals surface area contributed by atoms with Crippen molar-refractivity contribution in [2.45, 2.75) is 20.4 Å². The van der Waals surface area contributed by atoms with Crippen LogP contribution in [0.2, 0.25) is 0 Å². The normalized spacial score (nSPS) is 11.0. The number of carbonyl (C=O) groups is 1. The van der Waals surface area contributed by atoms with Gasteiger partial charge in [-0.05, 0) is 37.4 Å². The minimum atomic E-state index is -1.32. The molecule has 1 heterocycles. The van der Waals surface area contributed by atoms with E-state index >= 15 is 0 Å². The molecule has 0 saturated carbocycles. The predicted molar refractivity (Wildman–Crippen MR) is 93.9 cm³/mol. The molecular formula is C16H18BrN3O4. The van der Waals surface area contributed by atoms with Gasteiger partial charge < -0.3 is 10.1 Å². The van der Waals surface area contributed by atoms with Crippen LogP contribution in [0.25, 0.3) is 5.69 Å². The molecule has 128 valence electrons. The Morgan fingerprint density at radius 3 is 2.29 bits per heavy atom. The van der Waals surface area contributed by atoms with Crippen LogP contribution in [0.3, 0.4) is 0 Å². The highest BCUT2D eigenvalue weighted by atomic mass is 79.9. The van der Waals surface area contributed by atoms with Crippen LogP contribution < -0.4 is 11.2 Å². The highest BCUT2D eigenvalue weighted by molar-refractivity contribution is 9.10. The van der Waals surface area contributed by atoms with Crippen molar-refractivity contribution < 1.29 is 9.90 Å². The number of aromatic carboxylic acids is 1. The van der Waals surface area contributed by atoms with Gasteiger partial charge in [-0.2, -0.15) is 0 Å². The first-order chi connectivity index (χ1) is 11.4. The monoisotopic (exact) mass is 395 g/mol. The molecule has 0 aliphatic rings. The zero-order valence-electron chi connectivity index (χ0n) is 13.4. The molecule has 24 heavy (non-hydrogen) atoms. The van der Waals surface area contributed by atoms with Crippen LogP contribution in [-0.4, -0.2) is 38.6 Å². The van der Waals surface area contributed by atoms with Gasteiger partial charge in [-0.25, -0.2) is 14.2 Å². The van der Waals surface area contributed by atoms with Crippen LogP contribution in [-0.2, 0) is 6.54 Å². The molecule has 1 aromatic carbocycles. The largest absolute Gasteiger partial charge is 0.477 e. The van der Waals surface area contributed by atoms with Crippen LogP contribution in [0.4, 0.5) is 0 Å². The van der Waals surface area contributed by atoms with E-state index < -0.39 is 17.2 Å². The number of aromatic amines is 1. The maximum atomic E-state index is 12.8. The third-order valence-electron chi connectivity index (χ3n) is 3.77. The molecule has 2 rings (SSSR count). The summed E-state index contributed by atoms with van der Waals surface area (Å²) in [6, 6.07) is 6.64. The molecule has 0 spiro atoms. The van der Waals surface area contributed by atoms with E-state index in [1.54, 1.807) is 24.3 Å². The quantitative estimate of drug-likeness (QED) is 0.777. The van der Waals surface area contributed by atoms with Gasteiger partial charge in [0.25, 0.3) is 5.56 Å². The molecule has 0 aliphatic heterocycles. The fourth-order valence-electron chi connectivity index (χ4n) is 2.40. The Balaban J connectivity index is 2.70. The number of carboxylic acid groups (broad SMARTS) is 1. The Bertz CT molecular complexity index is 851. The van der Waals surface area contributed by atoms with E-state index in [-0.39, 0.29) is 17.8 Å². The topological polar surface area (TPSA) is 95.4 Å². The molecule has 1 aromatic heterocycles. The van der Waals surface area contributed by atoms with Crippen molar-refractivity contribution in [1.29, 1.82) is 0 Å². The van der Waals surface area contributed by atoms with Gasteiger partial charge in [0.2, 0.25) is 0 Å². The Kier molecular flexibility index (Phi) is 5.74. The van der Waals surface area contributed by atoms with Crippen molar-refractivity contribution in [3.8, 4) is 5.69 Å². The second-order valence-corrected chi connectivity index (χ2v) is 6.08. The summed E-state index contributed by atoms with van der Waals surface area (Å²) in [6.07, 6.45) is 0. The SMILES string of the molecule is CCN(CC)Cc1c(C(=O)O)[nH]c(=O)n(-c2ccc(Br)cc2)c1=O. The highest BCUT2D eigenvalue weighted by Gasteiger charge is 2.21. The molecule has 2 N–H and O–H groups in total. The predicted octanol–water partition coefficient (Wildman–Crippen LogP) is 1.83. The highest BCUT2D eigenvalue weighted by Crippen LogP contribution is 2.12. The Morgan fingerprint density at radius 2 is 1.79 bits per heavy atom. The van der Waals surface area contributed by atoms with Gasteiger partial charge in [-0.15, -0.1) is 0 Å². The van der Waals surface area contributed by atoms with E-state index in [2.05, 4.69) is 20.9 Å². The van der Waals surface area contributed by atoms with Gasteiger partial charge in [0, 0.05) is 11.0 Å². The lowest BCUT2D eigenvalue weighted by atomic mass is 10.2. The second-order valence-electron chi connectivity index (χ2n) is 5.17. The molecule has 0 fully saturated rings. The Hall–Kier alpha value is -2.19. The number of halogens is 1. The number of rotatable bonds is 6. The molecular weight excluding hydrogens is 378 g/mol. The summed E-state index contributed by atoms with van der Waals surface area (Å²) < 4.78 is 1.76. The first-order valence-corrected chi connectivity index (χ1v) is 8.28. The van der Waals surface area contributed by atoms with E-state index in [0.717, 1.165) is 9.04 Å². The molecule has 0 amide bonds. The number of benzene rings is 1. The van der Waals surface area contributed by atoms with Gasteiger partial charge in [0.1, 0.15) is 5.69 Å². The summed E-state index contributed by atoms with van der Waals surface area (Å²) in [6.45, 7) is 5.31. The van der Waals surface area contributed by atoms with E-state index in [1.807, 2.05) is 18.7 Å². The summed E-state index contributed by atoms with van der Waals surface area (Å²) in [5, 5.41) is 9.33. The van der Waals surface area contributed by atoms with Gasteiger partial charge in [0.15, 0.2) is 0 Å². The number of nitrogens with zero attached hydrogens (tertiary/aromatic N) is 2. The zero-order chi connectivity index (χ0) is 17.9. The Labute approximate surface area is 146 Å². The van der Waals surface area contributed by atoms with Crippen LogP contribution in [0.1, 0.15) is 29.9 Å². The first-order valence-electron chi connectivity index (χ1n) is 7.48. The fraction of sp³-hybridized carbons (Fsp3) is 0.312. The van der Waals surface area contributed by atoms with E-state index in [1.165, 1.54) is 0 Å². The number of hydrogen-bond donors (Lipinski definition) is 2. The first kappa shape index (κ1) is 18.2. The van der Waals surface area contributed by atoms with Crippen molar-refractivity contribution in [2.75, 3.05) is 13.1 Å². The van der Waals surface area contributed by atoms with Crippen LogP contribution >= 0.6 is 15.9 Å². The average molecular weight is 396 g/mol. The molecule has 2 aromatic rings. The van der Waals surface area contributed by atoms with Crippen LogP contribution in [0.15, 0.2) is 38.3 Å². The lowest BCUT2D eigenvalue weighted by Gasteiger charge is -2.19. The molecule has 0 unspecified atom stereocenters. The maximum Gasteiger partial charge on any atom is 0.352 e. The standard InChI is InChI=1S/C16H18BrN3O4/c1-3-19(4-2)9-12-13(15(22)23)18-16(24)20(14(12)21)11-7-5-10(17)6-8-11/h5-8H,3-4,9H2,1-2H3,(H,18,24)(H,22,23). The number of hydrogen-bond acceptors (Lipinski definition) is 4. The summed E-state index contributed by atoms with van der Waals surface area (Å²) in [5.74, 6) is -1.32. The molecule has 7 nitrogen and oxygen atoms in total. The number of aromatic nitrogens is 2. The van der Waals surface area contributed by atoms with E-state index in [0.29, 0.717) is 18.8 Å². The fourth-order valence-corrected chi connectivity index (χ4v) is 2.66. The maximum absolute atomic E-state index is 12.8. The number of carboxylic acids is 1. The van der Waals surface area contributed by atoms with Gasteiger partial charge in [-0.3, -0.25) is 9.69 Å². The van der Waals surface area contributed by atoms with E-state index in [9.17, 15) is 19.5 Å². The molecule has 0 aliphatic carbocycles. The zero-order valence-corrected chi connectivity index (χ0v) is 15.0. The smallest absolute Gasteiger partial charge is 0.352 e. The van der Waals surface area contributed by atoms with Crippen molar-refractivity contribution in [3.05, 3.63) is 60.8 Å². The molecule has 0 saturated heterocycles. The van der Waals surface area contributed by atoms with E-state index in [4.69, 9.17) is 0 Å². The Morgan fingerprint density at radius 1 is 1.21 bits per heavy atom. The van der Waals surface area contributed by atoms with Crippen molar-refractivity contribution >= 4 is 21.9 Å². The van der Waals surface area contributed by atoms with Crippen LogP contribution in [0, 0.1) is 0 Å². The third-order valence-corrected chi connectivity index (χ3v) is 4.30. The van der Waals surface area contributed by atoms with Crippen molar-refractivity contribution in [1.82, 2.24) is 14.5 Å². The van der Waals surface area contributed by atoms with Crippen molar-refractivity contribution in [2.24, 2.45) is 0 Å². The lowest BCUT2D eigenvalue weighted by Crippen LogP contribution is -2.40. The van der Waals surface area contributed by atoms with Gasteiger partial charge in [-0.1, -0.05) is 29.8 Å². The molecule has 0 atom stereocenters. The summed E-state index contributed by atoms with van der Waals surface area (Å²) in [5.41, 5.74) is -1.31. The molecule has 8 heteroatoms. The lowest BCUT2D eigenvalue weighted by molar-refractivity contribution is 0.0686. The van der Waals surface area contributed by atoms with Gasteiger partial charge in [0.05, 0.1) is 11.3 Å². The summed E-state index contributed by atoms with van der Waals surface area (Å²) >= 11 is 3.29. The molecule has 0 radical (unpaired) electrons. The second kappa shape index (κ2) is 7.59. The minimum Gasteiger partial charge on any atom is -0.477 e. The molecule has 0 bridgehead atoms. The summed E-state index contributed by atoms with van der Waals surface area (Å²) in [7, 11) is 0. The minimum absolute atomic E-state index is 0.0636. The summed E-state index contributed by atoms with van der Waals surface area (Å²) in [4.78, 5) is 40.7. The van der Waals surface area contributed by atoms with Gasteiger partial charge >= 0.3 is 11.7 Å². The number of H-pyrrole nitrogens is 1. The average Bonchev–Trinajstić information content (AvgIpc) is 2.55.